The molecule has 2 rings (SSSR count). The predicted molar refractivity (Wildman–Crippen MR) is 49.4 cm³/mol. The molecule has 1 aliphatic carbocycles. The molecule has 1 heterocycles. The first-order valence-corrected chi connectivity index (χ1v) is 4.96. The standard InChI is InChI=1S/C10H17NO2/c1-7(2)8-4-10(5-8)6-11(3)9(12)13-10/h7-8H,4-6H2,1-3H3/t8-,10-. The quantitative estimate of drug-likeness (QED) is 0.621. The van der Waals surface area contributed by atoms with Crippen LogP contribution in [0.15, 0.2) is 0 Å². The largest absolute Gasteiger partial charge is 0.441 e. The zero-order valence-electron chi connectivity index (χ0n) is 8.54. The van der Waals surface area contributed by atoms with E-state index in [1.807, 2.05) is 0 Å². The molecule has 1 aliphatic heterocycles. The first-order chi connectivity index (χ1) is 6.02. The van der Waals surface area contributed by atoms with Gasteiger partial charge in [0.15, 0.2) is 0 Å². The van der Waals surface area contributed by atoms with Crippen molar-refractivity contribution in [3.05, 3.63) is 0 Å². The van der Waals surface area contributed by atoms with Gasteiger partial charge in [0.1, 0.15) is 5.60 Å². The highest BCUT2D eigenvalue weighted by atomic mass is 16.6. The summed E-state index contributed by atoms with van der Waals surface area (Å²) >= 11 is 0. The summed E-state index contributed by atoms with van der Waals surface area (Å²) in [5.41, 5.74) is -0.110. The van der Waals surface area contributed by atoms with Crippen molar-refractivity contribution >= 4 is 6.09 Å². The Labute approximate surface area is 79.0 Å². The van der Waals surface area contributed by atoms with Gasteiger partial charge in [-0.25, -0.2) is 4.79 Å². The maximum atomic E-state index is 11.2. The Morgan fingerprint density at radius 2 is 2.15 bits per heavy atom. The topological polar surface area (TPSA) is 29.5 Å². The lowest BCUT2D eigenvalue weighted by molar-refractivity contribution is -0.0611. The molecule has 3 nitrogen and oxygen atoms in total. The number of hydrogen-bond donors (Lipinski definition) is 0. The Morgan fingerprint density at radius 3 is 2.54 bits per heavy atom. The average molecular weight is 183 g/mol. The lowest BCUT2D eigenvalue weighted by Crippen LogP contribution is -2.48. The molecule has 3 heteroatoms. The van der Waals surface area contributed by atoms with E-state index in [-0.39, 0.29) is 11.7 Å². The maximum Gasteiger partial charge on any atom is 0.410 e. The van der Waals surface area contributed by atoms with E-state index >= 15 is 0 Å². The van der Waals surface area contributed by atoms with Gasteiger partial charge < -0.3 is 9.64 Å². The third-order valence-electron chi connectivity index (χ3n) is 3.35. The molecule has 0 aromatic heterocycles. The average Bonchev–Trinajstić information content (AvgIpc) is 2.24. The van der Waals surface area contributed by atoms with E-state index in [0.29, 0.717) is 0 Å². The second kappa shape index (κ2) is 2.63. The highest BCUT2D eigenvalue weighted by Gasteiger charge is 2.53. The normalized spacial score (nSPS) is 38.3. The van der Waals surface area contributed by atoms with Crippen LogP contribution in [0.1, 0.15) is 26.7 Å². The summed E-state index contributed by atoms with van der Waals surface area (Å²) in [7, 11) is 1.81. The minimum Gasteiger partial charge on any atom is -0.441 e. The van der Waals surface area contributed by atoms with Gasteiger partial charge in [0.2, 0.25) is 0 Å². The number of rotatable bonds is 1. The van der Waals surface area contributed by atoms with Crippen LogP contribution >= 0.6 is 0 Å². The SMILES string of the molecule is CC(C)[C@H]1C[C@@]2(CN(C)C(=O)O2)C1. The van der Waals surface area contributed by atoms with Crippen LogP contribution in [0.5, 0.6) is 0 Å². The zero-order chi connectivity index (χ0) is 9.64. The molecule has 0 bridgehead atoms. The highest BCUT2D eigenvalue weighted by Crippen LogP contribution is 2.47. The number of hydrogen-bond acceptors (Lipinski definition) is 2. The van der Waals surface area contributed by atoms with Gasteiger partial charge in [0.25, 0.3) is 0 Å². The number of carbonyl (C=O) groups is 1. The minimum atomic E-state index is -0.151. The highest BCUT2D eigenvalue weighted by molar-refractivity contribution is 5.70. The third kappa shape index (κ3) is 1.30. The first-order valence-electron chi connectivity index (χ1n) is 4.96. The number of amides is 1. The van der Waals surface area contributed by atoms with Gasteiger partial charge in [-0.15, -0.1) is 0 Å². The summed E-state index contributed by atoms with van der Waals surface area (Å²) in [6, 6.07) is 0. The predicted octanol–water partition coefficient (Wildman–Crippen LogP) is 1.87. The van der Waals surface area contributed by atoms with Crippen molar-refractivity contribution in [2.24, 2.45) is 11.8 Å². The van der Waals surface area contributed by atoms with Crippen LogP contribution in [0, 0.1) is 11.8 Å². The molecule has 0 N–H and O–H groups in total. The van der Waals surface area contributed by atoms with Crippen LogP contribution in [0.4, 0.5) is 4.79 Å². The Morgan fingerprint density at radius 1 is 1.54 bits per heavy atom. The van der Waals surface area contributed by atoms with Gasteiger partial charge in [0.05, 0.1) is 6.54 Å². The minimum absolute atomic E-state index is 0.110. The summed E-state index contributed by atoms with van der Waals surface area (Å²) in [6.07, 6.45) is 1.96. The molecular formula is C10H17NO2. The van der Waals surface area contributed by atoms with E-state index in [2.05, 4.69) is 13.8 Å². The molecule has 1 spiro atoms. The second-order valence-corrected chi connectivity index (χ2v) is 4.82. The zero-order valence-corrected chi connectivity index (χ0v) is 8.54. The molecule has 1 amide bonds. The van der Waals surface area contributed by atoms with E-state index in [1.165, 1.54) is 0 Å². The Balaban J connectivity index is 1.95. The molecule has 13 heavy (non-hydrogen) atoms. The fourth-order valence-electron chi connectivity index (χ4n) is 2.37. The maximum absolute atomic E-state index is 11.2. The van der Waals surface area contributed by atoms with Crippen LogP contribution in [0.3, 0.4) is 0 Å². The molecule has 2 aliphatic rings. The van der Waals surface area contributed by atoms with E-state index in [1.54, 1.807) is 11.9 Å². The van der Waals surface area contributed by atoms with E-state index in [9.17, 15) is 4.79 Å². The van der Waals surface area contributed by atoms with Gasteiger partial charge in [-0.3, -0.25) is 0 Å². The fraction of sp³-hybridized carbons (Fsp3) is 0.900. The van der Waals surface area contributed by atoms with Crippen molar-refractivity contribution in [1.29, 1.82) is 0 Å². The summed E-state index contributed by atoms with van der Waals surface area (Å²) in [6.45, 7) is 5.26. The van der Waals surface area contributed by atoms with Gasteiger partial charge in [-0.1, -0.05) is 13.8 Å². The van der Waals surface area contributed by atoms with Crippen LogP contribution in [-0.2, 0) is 4.74 Å². The van der Waals surface area contributed by atoms with E-state index < -0.39 is 0 Å². The Bertz CT molecular complexity index is 231. The fourth-order valence-corrected chi connectivity index (χ4v) is 2.37. The lowest BCUT2D eigenvalue weighted by Gasteiger charge is -2.44. The second-order valence-electron chi connectivity index (χ2n) is 4.82. The first kappa shape index (κ1) is 8.85. The molecule has 0 unspecified atom stereocenters. The molecule has 74 valence electrons. The molecular weight excluding hydrogens is 166 g/mol. The number of nitrogens with zero attached hydrogens (tertiary/aromatic N) is 1. The van der Waals surface area contributed by atoms with Crippen LogP contribution in [0.2, 0.25) is 0 Å². The van der Waals surface area contributed by atoms with Crippen molar-refractivity contribution in [2.45, 2.75) is 32.3 Å². The third-order valence-corrected chi connectivity index (χ3v) is 3.35. The smallest absolute Gasteiger partial charge is 0.410 e. The van der Waals surface area contributed by atoms with Crippen molar-refractivity contribution in [3.8, 4) is 0 Å². The molecule has 1 saturated carbocycles. The van der Waals surface area contributed by atoms with Gasteiger partial charge in [-0.05, 0) is 24.7 Å². The number of likely N-dealkylation sites (N-methyl/N-ethyl adjacent to an activating group) is 1. The lowest BCUT2D eigenvalue weighted by atomic mass is 9.66. The van der Waals surface area contributed by atoms with E-state index in [4.69, 9.17) is 4.74 Å². The van der Waals surface area contributed by atoms with Crippen molar-refractivity contribution in [3.63, 3.8) is 0 Å². The van der Waals surface area contributed by atoms with Crippen molar-refractivity contribution in [1.82, 2.24) is 4.90 Å². The Hall–Kier alpha value is -0.730. The molecule has 0 atom stereocenters. The number of ether oxygens (including phenoxy) is 1. The molecule has 0 radical (unpaired) electrons. The van der Waals surface area contributed by atoms with Gasteiger partial charge in [-0.2, -0.15) is 0 Å². The van der Waals surface area contributed by atoms with Crippen molar-refractivity contribution < 1.29 is 9.53 Å². The summed E-state index contributed by atoms with van der Waals surface area (Å²) in [5, 5.41) is 0. The molecule has 2 fully saturated rings. The molecule has 1 saturated heterocycles. The summed E-state index contributed by atoms with van der Waals surface area (Å²) < 4.78 is 5.36. The molecule has 0 aromatic carbocycles. The van der Waals surface area contributed by atoms with Crippen LogP contribution < -0.4 is 0 Å². The Kier molecular flexibility index (Phi) is 1.79. The summed E-state index contributed by atoms with van der Waals surface area (Å²) in [4.78, 5) is 12.8. The summed E-state index contributed by atoms with van der Waals surface area (Å²) in [5.74, 6) is 1.47. The monoisotopic (exact) mass is 183 g/mol. The number of carbonyl (C=O) groups excluding carboxylic acids is 1. The van der Waals surface area contributed by atoms with Crippen molar-refractivity contribution in [2.75, 3.05) is 13.6 Å². The molecule has 0 aromatic rings. The van der Waals surface area contributed by atoms with Gasteiger partial charge >= 0.3 is 6.09 Å². The van der Waals surface area contributed by atoms with Crippen LogP contribution in [0.25, 0.3) is 0 Å². The van der Waals surface area contributed by atoms with E-state index in [0.717, 1.165) is 31.2 Å². The van der Waals surface area contributed by atoms with Gasteiger partial charge in [0, 0.05) is 7.05 Å². The van der Waals surface area contributed by atoms with Crippen LogP contribution in [-0.4, -0.2) is 30.2 Å².